The third-order valence-corrected chi connectivity index (χ3v) is 15.0. The van der Waals surface area contributed by atoms with Gasteiger partial charge in [-0.05, 0) is 141 Å². The minimum atomic E-state index is -1.13. The number of pyridine rings is 1. The minimum absolute atomic E-state index is 0.0464. The second-order valence-corrected chi connectivity index (χ2v) is 19.7. The summed E-state index contributed by atoms with van der Waals surface area (Å²) < 4.78 is 14.6. The number of anilines is 3. The van der Waals surface area contributed by atoms with Crippen LogP contribution in [-0.4, -0.2) is 99.2 Å². The van der Waals surface area contributed by atoms with E-state index in [0.29, 0.717) is 88.9 Å². The van der Waals surface area contributed by atoms with Crippen LogP contribution in [0.25, 0.3) is 32.2 Å². The molecule has 0 aliphatic carbocycles. The van der Waals surface area contributed by atoms with Gasteiger partial charge in [0.1, 0.15) is 17.1 Å². The lowest BCUT2D eigenvalue weighted by Crippen LogP contribution is -2.39. The van der Waals surface area contributed by atoms with Crippen LogP contribution in [-0.2, 0) is 34.4 Å². The monoisotopic (exact) mass is 989 g/mol. The molecule has 3 aliphatic rings. The van der Waals surface area contributed by atoms with E-state index in [4.69, 9.17) is 14.5 Å². The molecule has 4 aromatic carbocycles. The number of methoxy groups -OCH3 is 1. The number of rotatable bonds is 15. The summed E-state index contributed by atoms with van der Waals surface area (Å²) in [5, 5.41) is 24.7. The fourth-order valence-electron chi connectivity index (χ4n) is 10.4. The minimum Gasteiger partial charge on any atom is -0.494 e. The molecule has 4 N–H and O–H groups in total. The first-order chi connectivity index (χ1) is 34.9. The molecule has 370 valence electrons. The smallest absolute Gasteiger partial charge is 0.355 e. The number of carbonyl (C=O) groups excluding carboxylic acids is 4. The van der Waals surface area contributed by atoms with Gasteiger partial charge in [-0.1, -0.05) is 41.7 Å². The highest BCUT2D eigenvalue weighted by Gasteiger charge is 2.33. The number of thiazole rings is 1. The van der Waals surface area contributed by atoms with Crippen molar-refractivity contribution in [2.45, 2.75) is 64.3 Å². The molecule has 7 aromatic rings. The molecule has 1 unspecified atom stereocenters. The van der Waals surface area contributed by atoms with E-state index in [2.05, 4.69) is 30.9 Å². The van der Waals surface area contributed by atoms with Crippen molar-refractivity contribution in [1.29, 1.82) is 0 Å². The molecular formula is C54H55N9O8S. The Bertz CT molecular complexity index is 3240. The number of para-hydroxylation sites is 1. The molecule has 0 bridgehead atoms. The van der Waals surface area contributed by atoms with Crippen molar-refractivity contribution < 1.29 is 38.6 Å². The van der Waals surface area contributed by atoms with Crippen molar-refractivity contribution in [1.82, 2.24) is 30.0 Å². The summed E-state index contributed by atoms with van der Waals surface area (Å²) in [5.74, 6) is -0.501. The quantitative estimate of drug-likeness (QED) is 0.0566. The maximum atomic E-state index is 13.6. The average molecular weight is 990 g/mol. The van der Waals surface area contributed by atoms with Gasteiger partial charge in [0, 0.05) is 43.1 Å². The number of fused-ring (bicyclic) bond motifs is 3. The van der Waals surface area contributed by atoms with Crippen molar-refractivity contribution in [3.8, 4) is 22.6 Å². The van der Waals surface area contributed by atoms with Crippen LogP contribution in [0.5, 0.6) is 11.5 Å². The van der Waals surface area contributed by atoms with E-state index >= 15 is 0 Å². The average Bonchev–Trinajstić information content (AvgIpc) is 3.94. The summed E-state index contributed by atoms with van der Waals surface area (Å²) >= 11 is 1.43. The van der Waals surface area contributed by atoms with Crippen LogP contribution in [0.4, 0.5) is 16.6 Å². The second kappa shape index (κ2) is 20.6. The predicted molar refractivity (Wildman–Crippen MR) is 275 cm³/mol. The number of aryl methyl sites for hydroxylation is 2. The Morgan fingerprint density at radius 1 is 0.903 bits per heavy atom. The number of piperidine rings is 2. The van der Waals surface area contributed by atoms with Gasteiger partial charge in [-0.15, -0.1) is 0 Å². The van der Waals surface area contributed by atoms with E-state index in [9.17, 15) is 29.1 Å². The molecule has 6 heterocycles. The van der Waals surface area contributed by atoms with Crippen LogP contribution < -0.4 is 30.3 Å². The highest BCUT2D eigenvalue weighted by molar-refractivity contribution is 7.22. The summed E-state index contributed by atoms with van der Waals surface area (Å²) in [5.41, 5.74) is 7.17. The molecule has 2 fully saturated rings. The number of benzene rings is 4. The molecule has 17 nitrogen and oxygen atoms in total. The van der Waals surface area contributed by atoms with Gasteiger partial charge in [-0.3, -0.25) is 39.4 Å². The molecule has 18 heteroatoms. The number of carboxylic acid groups (broad SMARTS) is 1. The number of amides is 4. The van der Waals surface area contributed by atoms with Gasteiger partial charge in [-0.25, -0.2) is 14.8 Å². The zero-order chi connectivity index (χ0) is 50.0. The van der Waals surface area contributed by atoms with Crippen molar-refractivity contribution in [3.63, 3.8) is 0 Å². The summed E-state index contributed by atoms with van der Waals surface area (Å²) in [6.45, 7) is 5.35. The Labute approximate surface area is 419 Å². The fourth-order valence-corrected chi connectivity index (χ4v) is 11.2. The summed E-state index contributed by atoms with van der Waals surface area (Å²) in [7, 11) is 3.30. The van der Waals surface area contributed by atoms with E-state index in [0.717, 1.165) is 76.6 Å². The number of aromatic carboxylic acids is 1. The Hall–Kier alpha value is -7.70. The van der Waals surface area contributed by atoms with Gasteiger partial charge in [0.05, 0.1) is 47.8 Å². The maximum Gasteiger partial charge on any atom is 0.355 e. The zero-order valence-electron chi connectivity index (χ0n) is 40.3. The van der Waals surface area contributed by atoms with E-state index in [1.807, 2.05) is 90.7 Å². The molecule has 10 rings (SSSR count). The number of carbonyl (C=O) groups is 5. The number of nitrogens with zero attached hydrogens (tertiary/aromatic N) is 6. The number of imide groups is 1. The molecule has 72 heavy (non-hydrogen) atoms. The first kappa shape index (κ1) is 48.0. The number of hydrogen-bond donors (Lipinski definition) is 4. The number of ether oxygens (including phenoxy) is 2. The zero-order valence-corrected chi connectivity index (χ0v) is 41.1. The largest absolute Gasteiger partial charge is 0.494 e. The highest BCUT2D eigenvalue weighted by atomic mass is 32.1. The van der Waals surface area contributed by atoms with Crippen molar-refractivity contribution in [2.75, 3.05) is 55.4 Å². The molecular weight excluding hydrogens is 935 g/mol. The Balaban J connectivity index is 0.700. The van der Waals surface area contributed by atoms with Gasteiger partial charge in [0.25, 0.3) is 5.91 Å². The first-order valence-electron chi connectivity index (χ1n) is 24.3. The maximum absolute atomic E-state index is 13.6. The van der Waals surface area contributed by atoms with Crippen LogP contribution in [0.1, 0.15) is 87.7 Å². The van der Waals surface area contributed by atoms with Crippen molar-refractivity contribution >= 4 is 78.7 Å². The van der Waals surface area contributed by atoms with Crippen LogP contribution in [0, 0.1) is 12.8 Å². The van der Waals surface area contributed by atoms with E-state index in [1.54, 1.807) is 17.8 Å². The molecule has 1 atom stereocenters. The number of carboxylic acids is 1. The Morgan fingerprint density at radius 3 is 2.50 bits per heavy atom. The van der Waals surface area contributed by atoms with Gasteiger partial charge in [0.15, 0.2) is 16.6 Å². The van der Waals surface area contributed by atoms with Gasteiger partial charge >= 0.3 is 5.97 Å². The first-order valence-corrected chi connectivity index (χ1v) is 25.1. The van der Waals surface area contributed by atoms with Crippen molar-refractivity contribution in [2.24, 2.45) is 13.0 Å². The standard InChI is InChI=1S/C54H55N9O8S/c1-31-28-34(71-27-7-8-32-21-24-62(25-22-32)30-46(65)55-42-18-15-38-47(39-17-20-45(64)58-52(39)67)60-61(2)49(38)50(42)70-3)13-14-35(31)36-16-19-44(57-48(36)53(68)69)63-26-23-33-9-6-10-37(40(33)29-63)51(66)59-54-56-41-11-4-5-12-43(41)72-54/h4-6,9-16,18-19,28,32,39H,7-8,17,20-27,29-30H2,1-3H3,(H,55,65)(H,68,69)(H,56,59,66)(H,58,64,67). The molecule has 0 radical (unpaired) electrons. The topological polar surface area (TPSA) is 210 Å². The number of likely N-dealkylation sites (tertiary alicyclic amines) is 1. The van der Waals surface area contributed by atoms with Crippen LogP contribution in [0.15, 0.2) is 84.9 Å². The number of nitrogens with one attached hydrogen (secondary N) is 3. The molecule has 0 spiro atoms. The molecule has 4 amide bonds. The van der Waals surface area contributed by atoms with E-state index in [-0.39, 0.29) is 42.3 Å². The lowest BCUT2D eigenvalue weighted by Gasteiger charge is -2.31. The molecule has 2 saturated heterocycles. The molecule has 3 aromatic heterocycles. The van der Waals surface area contributed by atoms with Crippen LogP contribution >= 0.6 is 11.3 Å². The third kappa shape index (κ3) is 9.96. The van der Waals surface area contributed by atoms with E-state index in [1.165, 1.54) is 18.4 Å². The van der Waals surface area contributed by atoms with Crippen LogP contribution in [0.3, 0.4) is 0 Å². The van der Waals surface area contributed by atoms with Gasteiger partial charge in [-0.2, -0.15) is 5.10 Å². The summed E-state index contributed by atoms with van der Waals surface area (Å²) in [4.78, 5) is 77.5. The third-order valence-electron chi connectivity index (χ3n) is 14.1. The lowest BCUT2D eigenvalue weighted by molar-refractivity contribution is -0.134. The molecule has 3 aliphatic heterocycles. The number of aromatic nitrogens is 4. The summed E-state index contributed by atoms with van der Waals surface area (Å²) in [6.07, 6.45) is 5.13. The van der Waals surface area contributed by atoms with E-state index < -0.39 is 11.9 Å². The fraction of sp³-hybridized carbons (Fsp3) is 0.333. The highest BCUT2D eigenvalue weighted by Crippen LogP contribution is 2.39. The van der Waals surface area contributed by atoms with Crippen molar-refractivity contribution in [3.05, 3.63) is 119 Å². The SMILES string of the molecule is COc1c(NC(=O)CN2CCC(CCCOc3ccc(-c4ccc(N5CCc6cccc(C(=O)Nc7nc8ccccc8s7)c6C5)nc4C(=O)O)c(C)c3)CC2)ccc2c(C3CCC(=O)NC3=O)nn(C)c12. The summed E-state index contributed by atoms with van der Waals surface area (Å²) in [6, 6.07) is 26.5. The lowest BCUT2D eigenvalue weighted by atomic mass is 9.92. The molecule has 0 saturated carbocycles. The second-order valence-electron chi connectivity index (χ2n) is 18.7. The van der Waals surface area contributed by atoms with Gasteiger partial charge < -0.3 is 24.8 Å². The Kier molecular flexibility index (Phi) is 13.7. The number of hydrogen-bond acceptors (Lipinski definition) is 13. The normalized spacial score (nSPS) is 16.4. The van der Waals surface area contributed by atoms with Gasteiger partial charge in [0.2, 0.25) is 17.7 Å². The Morgan fingerprint density at radius 2 is 1.72 bits per heavy atom. The predicted octanol–water partition coefficient (Wildman–Crippen LogP) is 8.11. The van der Waals surface area contributed by atoms with Crippen LogP contribution in [0.2, 0.25) is 0 Å².